The van der Waals surface area contributed by atoms with Crippen molar-refractivity contribution in [3.05, 3.63) is 29.8 Å². The molecule has 0 radical (unpaired) electrons. The number of hydrogen-bond donors (Lipinski definition) is 0. The molecule has 2 rings (SSSR count). The summed E-state index contributed by atoms with van der Waals surface area (Å²) in [4.78, 5) is 25.0. The quantitative estimate of drug-likeness (QED) is 0.781. The molecule has 0 N–H and O–H groups in total. The maximum Gasteiger partial charge on any atom is 0.263 e. The van der Waals surface area contributed by atoms with Gasteiger partial charge in [-0.3, -0.25) is 9.59 Å². The minimum Gasteiger partial charge on any atom is -0.480 e. The maximum absolute atomic E-state index is 12.2. The van der Waals surface area contributed by atoms with Gasteiger partial charge < -0.3 is 9.64 Å². The molecule has 1 atom stereocenters. The van der Waals surface area contributed by atoms with Crippen LogP contribution in [-0.4, -0.2) is 36.3 Å². The third kappa shape index (κ3) is 3.34. The number of piperidine rings is 1. The number of aldehydes is 1. The topological polar surface area (TPSA) is 46.6 Å². The lowest BCUT2D eigenvalue weighted by Gasteiger charge is -2.29. The number of carbonyl (C=O) groups excluding carboxylic acids is 2. The summed E-state index contributed by atoms with van der Waals surface area (Å²) in [6.45, 7) is 3.35. The summed E-state index contributed by atoms with van der Waals surface area (Å²) in [5, 5.41) is 0. The van der Waals surface area contributed by atoms with Gasteiger partial charge in [-0.2, -0.15) is 0 Å². The summed E-state index contributed by atoms with van der Waals surface area (Å²) in [5.41, 5.74) is 0.473. The van der Waals surface area contributed by atoms with Gasteiger partial charge >= 0.3 is 0 Å². The lowest BCUT2D eigenvalue weighted by Crippen LogP contribution is -2.43. The fourth-order valence-electron chi connectivity index (χ4n) is 2.30. The molecule has 19 heavy (non-hydrogen) atoms. The molecule has 0 aliphatic carbocycles. The van der Waals surface area contributed by atoms with E-state index in [4.69, 9.17) is 4.74 Å². The molecule has 1 amide bonds. The Morgan fingerprint density at radius 2 is 1.95 bits per heavy atom. The molecule has 4 heteroatoms. The lowest BCUT2D eigenvalue weighted by molar-refractivity contribution is -0.138. The average Bonchev–Trinajstić information content (AvgIpc) is 2.48. The van der Waals surface area contributed by atoms with Gasteiger partial charge in [-0.1, -0.05) is 12.1 Å². The van der Waals surface area contributed by atoms with E-state index in [1.807, 2.05) is 4.90 Å². The predicted molar refractivity (Wildman–Crippen MR) is 72.4 cm³/mol. The number of likely N-dealkylation sites (tertiary alicyclic amines) is 1. The molecule has 1 aliphatic rings. The van der Waals surface area contributed by atoms with Gasteiger partial charge in [0.05, 0.1) is 5.56 Å². The normalized spacial score (nSPS) is 16.8. The van der Waals surface area contributed by atoms with Crippen molar-refractivity contribution >= 4 is 12.2 Å². The second-order valence-corrected chi connectivity index (χ2v) is 4.80. The summed E-state index contributed by atoms with van der Waals surface area (Å²) in [7, 11) is 0. The van der Waals surface area contributed by atoms with Crippen LogP contribution in [0.2, 0.25) is 0 Å². The van der Waals surface area contributed by atoms with Crippen molar-refractivity contribution in [2.75, 3.05) is 13.1 Å². The predicted octanol–water partition coefficient (Wildman–Crippen LogP) is 2.28. The van der Waals surface area contributed by atoms with E-state index in [1.54, 1.807) is 31.2 Å². The molecule has 1 unspecified atom stereocenters. The average molecular weight is 261 g/mol. The molecule has 0 spiro atoms. The van der Waals surface area contributed by atoms with E-state index in [2.05, 4.69) is 0 Å². The van der Waals surface area contributed by atoms with Crippen LogP contribution in [0.3, 0.4) is 0 Å². The first kappa shape index (κ1) is 13.6. The third-order valence-electron chi connectivity index (χ3n) is 3.37. The summed E-state index contributed by atoms with van der Waals surface area (Å²) < 4.78 is 5.63. The van der Waals surface area contributed by atoms with Crippen LogP contribution in [0, 0.1) is 0 Å². The van der Waals surface area contributed by atoms with Crippen molar-refractivity contribution in [3.8, 4) is 5.75 Å². The second kappa shape index (κ2) is 6.36. The van der Waals surface area contributed by atoms with Crippen molar-refractivity contribution in [3.63, 3.8) is 0 Å². The zero-order valence-corrected chi connectivity index (χ0v) is 11.2. The molecule has 4 nitrogen and oxygen atoms in total. The molecule has 1 aromatic carbocycles. The Morgan fingerprint density at radius 3 is 2.63 bits per heavy atom. The van der Waals surface area contributed by atoms with E-state index in [9.17, 15) is 9.59 Å². The van der Waals surface area contributed by atoms with Gasteiger partial charge in [-0.15, -0.1) is 0 Å². The SMILES string of the molecule is CC(Oc1ccccc1C=O)C(=O)N1CCCCC1. The molecule has 1 aromatic rings. The van der Waals surface area contributed by atoms with Crippen LogP contribution in [0.15, 0.2) is 24.3 Å². The monoisotopic (exact) mass is 261 g/mol. The molecule has 0 bridgehead atoms. The van der Waals surface area contributed by atoms with Crippen LogP contribution in [0.4, 0.5) is 0 Å². The first-order chi connectivity index (χ1) is 9.22. The zero-order valence-electron chi connectivity index (χ0n) is 11.2. The summed E-state index contributed by atoms with van der Waals surface area (Å²) in [5.74, 6) is 0.468. The Hall–Kier alpha value is -1.84. The van der Waals surface area contributed by atoms with Crippen LogP contribution >= 0.6 is 0 Å². The highest BCUT2D eigenvalue weighted by Gasteiger charge is 2.23. The Morgan fingerprint density at radius 1 is 1.26 bits per heavy atom. The molecule has 102 valence electrons. The second-order valence-electron chi connectivity index (χ2n) is 4.80. The van der Waals surface area contributed by atoms with E-state index in [0.29, 0.717) is 11.3 Å². The molecule has 0 aromatic heterocycles. The lowest BCUT2D eigenvalue weighted by atomic mass is 10.1. The van der Waals surface area contributed by atoms with Crippen molar-refractivity contribution in [1.82, 2.24) is 4.90 Å². The van der Waals surface area contributed by atoms with Crippen LogP contribution < -0.4 is 4.74 Å². The number of benzene rings is 1. The fraction of sp³-hybridized carbons (Fsp3) is 0.467. The van der Waals surface area contributed by atoms with Crippen molar-refractivity contribution in [1.29, 1.82) is 0 Å². The molecule has 1 heterocycles. The Kier molecular flexibility index (Phi) is 4.55. The van der Waals surface area contributed by atoms with Crippen LogP contribution in [-0.2, 0) is 4.79 Å². The molecule has 1 aliphatic heterocycles. The Balaban J connectivity index is 2.01. The number of nitrogens with zero attached hydrogens (tertiary/aromatic N) is 1. The number of ether oxygens (including phenoxy) is 1. The van der Waals surface area contributed by atoms with Gasteiger partial charge in [0, 0.05) is 13.1 Å². The minimum atomic E-state index is -0.556. The van der Waals surface area contributed by atoms with Gasteiger partial charge in [0.1, 0.15) is 5.75 Å². The van der Waals surface area contributed by atoms with Crippen LogP contribution in [0.1, 0.15) is 36.5 Å². The summed E-state index contributed by atoms with van der Waals surface area (Å²) in [6, 6.07) is 6.96. The van der Waals surface area contributed by atoms with Gasteiger partial charge in [0.25, 0.3) is 5.91 Å². The number of carbonyl (C=O) groups is 2. The van der Waals surface area contributed by atoms with E-state index < -0.39 is 6.10 Å². The molecular weight excluding hydrogens is 242 g/mol. The molecule has 0 saturated carbocycles. The fourth-order valence-corrected chi connectivity index (χ4v) is 2.30. The largest absolute Gasteiger partial charge is 0.480 e. The number of hydrogen-bond acceptors (Lipinski definition) is 3. The van der Waals surface area contributed by atoms with Gasteiger partial charge in [0.15, 0.2) is 12.4 Å². The minimum absolute atomic E-state index is 0.000372. The highest BCUT2D eigenvalue weighted by molar-refractivity contribution is 5.82. The number of para-hydroxylation sites is 1. The van der Waals surface area contributed by atoms with Gasteiger partial charge in [-0.25, -0.2) is 0 Å². The van der Waals surface area contributed by atoms with E-state index >= 15 is 0 Å². The van der Waals surface area contributed by atoms with E-state index in [0.717, 1.165) is 32.2 Å². The molecule has 1 saturated heterocycles. The zero-order chi connectivity index (χ0) is 13.7. The van der Waals surface area contributed by atoms with Crippen LogP contribution in [0.25, 0.3) is 0 Å². The van der Waals surface area contributed by atoms with Gasteiger partial charge in [-0.05, 0) is 38.3 Å². The molecule has 1 fully saturated rings. The Labute approximate surface area is 113 Å². The van der Waals surface area contributed by atoms with Crippen molar-refractivity contribution in [2.24, 2.45) is 0 Å². The van der Waals surface area contributed by atoms with E-state index in [-0.39, 0.29) is 5.91 Å². The number of amides is 1. The van der Waals surface area contributed by atoms with E-state index in [1.165, 1.54) is 6.42 Å². The highest BCUT2D eigenvalue weighted by Crippen LogP contribution is 2.19. The smallest absolute Gasteiger partial charge is 0.263 e. The number of rotatable bonds is 4. The maximum atomic E-state index is 12.2. The first-order valence-corrected chi connectivity index (χ1v) is 6.72. The highest BCUT2D eigenvalue weighted by atomic mass is 16.5. The van der Waals surface area contributed by atoms with Gasteiger partial charge in [0.2, 0.25) is 0 Å². The van der Waals surface area contributed by atoms with Crippen molar-refractivity contribution < 1.29 is 14.3 Å². The summed E-state index contributed by atoms with van der Waals surface area (Å²) in [6.07, 6.45) is 3.49. The summed E-state index contributed by atoms with van der Waals surface area (Å²) >= 11 is 0. The van der Waals surface area contributed by atoms with Crippen molar-refractivity contribution in [2.45, 2.75) is 32.3 Å². The standard InChI is InChI=1S/C15H19NO3/c1-12(15(18)16-9-5-2-6-10-16)19-14-8-4-3-7-13(14)11-17/h3-4,7-8,11-12H,2,5-6,9-10H2,1H3. The first-order valence-electron chi connectivity index (χ1n) is 6.72. The third-order valence-corrected chi connectivity index (χ3v) is 3.37. The Bertz CT molecular complexity index is 452. The molecular formula is C15H19NO3. The van der Waals surface area contributed by atoms with Crippen LogP contribution in [0.5, 0.6) is 5.75 Å².